The van der Waals surface area contributed by atoms with Crippen LogP contribution in [-0.2, 0) is 4.79 Å². The lowest BCUT2D eigenvalue weighted by atomic mass is 10.1. The van der Waals surface area contributed by atoms with E-state index in [4.69, 9.17) is 4.74 Å². The lowest BCUT2D eigenvalue weighted by Gasteiger charge is -2.24. The highest BCUT2D eigenvalue weighted by Crippen LogP contribution is 2.30. The summed E-state index contributed by atoms with van der Waals surface area (Å²) in [5.41, 5.74) is 0.134. The lowest BCUT2D eigenvalue weighted by molar-refractivity contribution is -0.129. The first-order chi connectivity index (χ1) is 9.92. The highest BCUT2D eigenvalue weighted by atomic mass is 16.5. The number of amides is 2. The minimum atomic E-state index is -0.386. The van der Waals surface area contributed by atoms with Crippen molar-refractivity contribution in [2.45, 2.75) is 13.3 Å². The average Bonchev–Trinajstić information content (AvgIpc) is 2.46. The number of carbonyl (C=O) groups is 2. The van der Waals surface area contributed by atoms with Crippen molar-refractivity contribution in [2.75, 3.05) is 34.3 Å². The van der Waals surface area contributed by atoms with Crippen molar-refractivity contribution in [3.8, 4) is 11.5 Å². The molecule has 0 atom stereocenters. The smallest absolute Gasteiger partial charge is 0.258 e. The second-order valence-corrected chi connectivity index (χ2v) is 4.87. The van der Waals surface area contributed by atoms with Gasteiger partial charge in [-0.2, -0.15) is 0 Å². The van der Waals surface area contributed by atoms with E-state index < -0.39 is 0 Å². The normalized spacial score (nSPS) is 10.1. The van der Waals surface area contributed by atoms with Gasteiger partial charge in [-0.3, -0.25) is 9.59 Å². The van der Waals surface area contributed by atoms with E-state index in [1.807, 2.05) is 6.92 Å². The van der Waals surface area contributed by atoms with Crippen LogP contribution < -0.4 is 4.74 Å². The summed E-state index contributed by atoms with van der Waals surface area (Å²) in [5.74, 6) is -0.526. The molecule has 1 rings (SSSR count). The number of phenolic OH excluding ortho intramolecular Hbond substituents is 1. The Balaban J connectivity index is 3.03. The zero-order chi connectivity index (χ0) is 16.0. The first kappa shape index (κ1) is 16.8. The van der Waals surface area contributed by atoms with Crippen LogP contribution in [0.2, 0.25) is 0 Å². The third-order valence-electron chi connectivity index (χ3n) is 3.05. The maximum absolute atomic E-state index is 12.5. The highest BCUT2D eigenvalue weighted by molar-refractivity contribution is 5.99. The number of carbonyl (C=O) groups excluding carboxylic acids is 2. The predicted molar refractivity (Wildman–Crippen MR) is 79.5 cm³/mol. The van der Waals surface area contributed by atoms with E-state index in [1.165, 1.54) is 23.0 Å². The predicted octanol–water partition coefficient (Wildman–Crippen LogP) is 1.34. The highest BCUT2D eigenvalue weighted by Gasteiger charge is 2.22. The molecule has 0 unspecified atom stereocenters. The number of para-hydroxylation sites is 1. The van der Waals surface area contributed by atoms with Gasteiger partial charge in [0.1, 0.15) is 6.54 Å². The maximum atomic E-state index is 12.5. The zero-order valence-corrected chi connectivity index (χ0v) is 12.9. The molecule has 1 aromatic rings. The molecule has 0 bridgehead atoms. The summed E-state index contributed by atoms with van der Waals surface area (Å²) >= 11 is 0. The van der Waals surface area contributed by atoms with E-state index in [-0.39, 0.29) is 35.4 Å². The number of rotatable bonds is 6. The van der Waals surface area contributed by atoms with Gasteiger partial charge in [0, 0.05) is 20.6 Å². The minimum absolute atomic E-state index is 0.0175. The van der Waals surface area contributed by atoms with Crippen LogP contribution in [0.25, 0.3) is 0 Å². The van der Waals surface area contributed by atoms with Crippen LogP contribution in [0.15, 0.2) is 18.2 Å². The molecule has 0 saturated heterocycles. The van der Waals surface area contributed by atoms with Gasteiger partial charge in [-0.05, 0) is 18.6 Å². The Bertz CT molecular complexity index is 514. The SMILES string of the molecule is CCCN(CC(=O)N(C)C)C(=O)c1cccc(OC)c1O. The summed E-state index contributed by atoms with van der Waals surface area (Å²) in [7, 11) is 4.70. The fourth-order valence-electron chi connectivity index (χ4n) is 1.86. The fourth-order valence-corrected chi connectivity index (χ4v) is 1.86. The second-order valence-electron chi connectivity index (χ2n) is 4.87. The molecule has 0 aliphatic heterocycles. The molecule has 0 aromatic heterocycles. The standard InChI is InChI=1S/C15H22N2O4/c1-5-9-17(10-13(18)16(2)3)15(20)11-7-6-8-12(21-4)14(11)19/h6-8,19H,5,9-10H2,1-4H3. The van der Waals surface area contributed by atoms with Crippen LogP contribution in [0.5, 0.6) is 11.5 Å². The quantitative estimate of drug-likeness (QED) is 0.859. The number of hydrogen-bond donors (Lipinski definition) is 1. The Kier molecular flexibility index (Phi) is 6.02. The molecule has 0 aliphatic rings. The topological polar surface area (TPSA) is 70.1 Å². The third-order valence-corrected chi connectivity index (χ3v) is 3.05. The molecule has 0 spiro atoms. The summed E-state index contributed by atoms with van der Waals surface area (Å²) in [5, 5.41) is 10.1. The largest absolute Gasteiger partial charge is 0.504 e. The number of phenols is 1. The number of ether oxygens (including phenoxy) is 1. The van der Waals surface area contributed by atoms with Crippen LogP contribution in [0.1, 0.15) is 23.7 Å². The second kappa shape index (κ2) is 7.52. The zero-order valence-electron chi connectivity index (χ0n) is 12.9. The minimum Gasteiger partial charge on any atom is -0.504 e. The van der Waals surface area contributed by atoms with Crippen LogP contribution in [0.3, 0.4) is 0 Å². The molecule has 0 aliphatic carbocycles. The summed E-state index contributed by atoms with van der Waals surface area (Å²) < 4.78 is 5.00. The molecule has 2 amide bonds. The summed E-state index contributed by atoms with van der Waals surface area (Å²) in [6.45, 7) is 2.34. The summed E-state index contributed by atoms with van der Waals surface area (Å²) in [6.07, 6.45) is 0.719. The van der Waals surface area contributed by atoms with Crippen LogP contribution in [0.4, 0.5) is 0 Å². The lowest BCUT2D eigenvalue weighted by Crippen LogP contribution is -2.40. The Morgan fingerprint density at radius 3 is 2.48 bits per heavy atom. The molecular weight excluding hydrogens is 272 g/mol. The van der Waals surface area contributed by atoms with Crippen molar-refractivity contribution >= 4 is 11.8 Å². The maximum Gasteiger partial charge on any atom is 0.258 e. The van der Waals surface area contributed by atoms with E-state index in [9.17, 15) is 14.7 Å². The molecular formula is C15H22N2O4. The van der Waals surface area contributed by atoms with Crippen molar-refractivity contribution in [1.29, 1.82) is 0 Å². The van der Waals surface area contributed by atoms with E-state index >= 15 is 0 Å². The monoisotopic (exact) mass is 294 g/mol. The molecule has 0 fully saturated rings. The first-order valence-corrected chi connectivity index (χ1v) is 6.77. The number of methoxy groups -OCH3 is 1. The number of nitrogens with zero attached hydrogens (tertiary/aromatic N) is 2. The molecule has 0 radical (unpaired) electrons. The summed E-state index contributed by atoms with van der Waals surface area (Å²) in [6, 6.07) is 4.72. The van der Waals surface area contributed by atoms with Gasteiger partial charge < -0.3 is 19.6 Å². The van der Waals surface area contributed by atoms with E-state index in [2.05, 4.69) is 0 Å². The van der Waals surface area contributed by atoms with Gasteiger partial charge in [0.05, 0.1) is 12.7 Å². The van der Waals surface area contributed by atoms with E-state index in [0.29, 0.717) is 6.54 Å². The first-order valence-electron chi connectivity index (χ1n) is 6.77. The average molecular weight is 294 g/mol. The van der Waals surface area contributed by atoms with Gasteiger partial charge >= 0.3 is 0 Å². The van der Waals surface area contributed by atoms with Gasteiger partial charge in [-0.1, -0.05) is 13.0 Å². The Labute approximate surface area is 124 Å². The number of aromatic hydroxyl groups is 1. The Morgan fingerprint density at radius 2 is 1.95 bits per heavy atom. The van der Waals surface area contributed by atoms with E-state index in [0.717, 1.165) is 6.42 Å². The molecule has 6 heteroatoms. The van der Waals surface area contributed by atoms with Gasteiger partial charge in [0.25, 0.3) is 5.91 Å². The Morgan fingerprint density at radius 1 is 1.29 bits per heavy atom. The molecule has 6 nitrogen and oxygen atoms in total. The number of benzene rings is 1. The molecule has 0 saturated carbocycles. The fraction of sp³-hybridized carbons (Fsp3) is 0.467. The van der Waals surface area contributed by atoms with Crippen molar-refractivity contribution < 1.29 is 19.4 Å². The molecule has 21 heavy (non-hydrogen) atoms. The van der Waals surface area contributed by atoms with Gasteiger partial charge in [-0.25, -0.2) is 0 Å². The molecule has 1 N–H and O–H groups in total. The van der Waals surface area contributed by atoms with Crippen molar-refractivity contribution in [3.63, 3.8) is 0 Å². The molecule has 116 valence electrons. The number of likely N-dealkylation sites (N-methyl/N-ethyl adjacent to an activating group) is 1. The number of hydrogen-bond acceptors (Lipinski definition) is 4. The van der Waals surface area contributed by atoms with Crippen LogP contribution in [-0.4, -0.2) is 61.0 Å². The third kappa shape index (κ3) is 4.11. The van der Waals surface area contributed by atoms with E-state index in [1.54, 1.807) is 26.2 Å². The molecule has 1 aromatic carbocycles. The van der Waals surface area contributed by atoms with Crippen molar-refractivity contribution in [3.05, 3.63) is 23.8 Å². The Hall–Kier alpha value is -2.24. The van der Waals surface area contributed by atoms with Crippen molar-refractivity contribution in [2.24, 2.45) is 0 Å². The van der Waals surface area contributed by atoms with Crippen LogP contribution in [0, 0.1) is 0 Å². The molecule has 0 heterocycles. The summed E-state index contributed by atoms with van der Waals surface area (Å²) in [4.78, 5) is 27.2. The van der Waals surface area contributed by atoms with Crippen LogP contribution >= 0.6 is 0 Å². The van der Waals surface area contributed by atoms with Gasteiger partial charge in [0.2, 0.25) is 5.91 Å². The van der Waals surface area contributed by atoms with Gasteiger partial charge in [-0.15, -0.1) is 0 Å². The van der Waals surface area contributed by atoms with Crippen molar-refractivity contribution in [1.82, 2.24) is 9.80 Å². The van der Waals surface area contributed by atoms with Gasteiger partial charge in [0.15, 0.2) is 11.5 Å².